The van der Waals surface area contributed by atoms with Crippen molar-refractivity contribution in [2.45, 2.75) is 31.8 Å². The van der Waals surface area contributed by atoms with Crippen LogP contribution in [-0.4, -0.2) is 74.5 Å². The molecule has 6 nitrogen and oxygen atoms in total. The normalized spacial score (nSPS) is 28.8. The maximum absolute atomic E-state index is 12.2. The maximum atomic E-state index is 12.2. The van der Waals surface area contributed by atoms with Gasteiger partial charge in [0.25, 0.3) is 0 Å². The molecule has 3 saturated heterocycles. The van der Waals surface area contributed by atoms with E-state index >= 15 is 0 Å². The van der Waals surface area contributed by atoms with Crippen LogP contribution >= 0.6 is 0 Å². The Hall–Kier alpha value is -0.820. The average Bonchev–Trinajstić information content (AvgIpc) is 2.59. The van der Waals surface area contributed by atoms with Gasteiger partial charge in [-0.2, -0.15) is 0 Å². The Morgan fingerprint density at radius 1 is 1.26 bits per heavy atom. The van der Waals surface area contributed by atoms with Crippen LogP contribution in [0.1, 0.15) is 19.8 Å². The summed E-state index contributed by atoms with van der Waals surface area (Å²) in [4.78, 5) is 16.5. The highest BCUT2D eigenvalue weighted by molar-refractivity contribution is 7.90. The van der Waals surface area contributed by atoms with E-state index in [2.05, 4.69) is 10.2 Å². The van der Waals surface area contributed by atoms with E-state index < -0.39 is 9.84 Å². The number of sulfone groups is 1. The summed E-state index contributed by atoms with van der Waals surface area (Å²) >= 11 is 0. The third-order valence-corrected chi connectivity index (χ3v) is 4.94. The number of nitrogens with one attached hydrogen (secondary N) is 1. The van der Waals surface area contributed by atoms with Crippen molar-refractivity contribution in [3.63, 3.8) is 0 Å². The number of urea groups is 1. The molecule has 1 unspecified atom stereocenters. The van der Waals surface area contributed by atoms with Crippen LogP contribution < -0.4 is 5.32 Å². The molecule has 7 heteroatoms. The lowest BCUT2D eigenvalue weighted by Crippen LogP contribution is -2.50. The lowest BCUT2D eigenvalue weighted by atomic mass is 10.1. The van der Waals surface area contributed by atoms with Gasteiger partial charge < -0.3 is 15.1 Å². The minimum absolute atomic E-state index is 0.0105. The van der Waals surface area contributed by atoms with Crippen LogP contribution in [0.2, 0.25) is 0 Å². The number of carbonyl (C=O) groups excluding carboxylic acids is 1. The number of nitrogens with zero attached hydrogens (tertiary/aromatic N) is 2. The molecule has 3 fully saturated rings. The minimum atomic E-state index is -3.06. The van der Waals surface area contributed by atoms with Gasteiger partial charge in [0.2, 0.25) is 0 Å². The van der Waals surface area contributed by atoms with Gasteiger partial charge in [0.15, 0.2) is 0 Å². The highest BCUT2D eigenvalue weighted by Gasteiger charge is 2.32. The number of piperidine rings is 1. The van der Waals surface area contributed by atoms with Crippen LogP contribution in [0.3, 0.4) is 0 Å². The fraction of sp³-hybridized carbons (Fsp3) is 0.917. The molecule has 2 amide bonds. The molecular formula is C12H23N3O3S. The van der Waals surface area contributed by atoms with Crippen molar-refractivity contribution < 1.29 is 13.2 Å². The smallest absolute Gasteiger partial charge is 0.317 e. The molecule has 0 aromatic heterocycles. The molecule has 110 valence electrons. The van der Waals surface area contributed by atoms with Crippen LogP contribution in [0.25, 0.3) is 0 Å². The summed E-state index contributed by atoms with van der Waals surface area (Å²) in [6.07, 6.45) is 3.23. The average molecular weight is 289 g/mol. The van der Waals surface area contributed by atoms with E-state index in [4.69, 9.17) is 0 Å². The zero-order valence-electron chi connectivity index (χ0n) is 11.6. The fourth-order valence-electron chi connectivity index (χ4n) is 2.94. The Morgan fingerprint density at radius 2 is 1.89 bits per heavy atom. The molecule has 3 heterocycles. The zero-order chi connectivity index (χ0) is 14.0. The summed E-state index contributed by atoms with van der Waals surface area (Å²) < 4.78 is 22.4. The van der Waals surface area contributed by atoms with Crippen molar-refractivity contribution in [2.75, 3.05) is 38.2 Å². The summed E-state index contributed by atoms with van der Waals surface area (Å²) in [5.74, 6) is -0.0105. The van der Waals surface area contributed by atoms with Gasteiger partial charge in [-0.1, -0.05) is 0 Å². The second-order valence-electron chi connectivity index (χ2n) is 5.71. The second kappa shape index (κ2) is 5.66. The van der Waals surface area contributed by atoms with Crippen molar-refractivity contribution >= 4 is 15.9 Å². The minimum Gasteiger partial charge on any atom is -0.335 e. The molecule has 0 saturated carbocycles. The summed E-state index contributed by atoms with van der Waals surface area (Å²) in [5.41, 5.74) is 0. The first-order chi connectivity index (χ1) is 8.85. The van der Waals surface area contributed by atoms with Gasteiger partial charge >= 0.3 is 6.03 Å². The third kappa shape index (κ3) is 4.07. The van der Waals surface area contributed by atoms with Gasteiger partial charge in [-0.15, -0.1) is 0 Å². The third-order valence-electron chi connectivity index (χ3n) is 3.84. The van der Waals surface area contributed by atoms with Gasteiger partial charge in [-0.25, -0.2) is 13.2 Å². The van der Waals surface area contributed by atoms with Crippen molar-refractivity contribution in [2.24, 2.45) is 0 Å². The predicted octanol–water partition coefficient (Wildman–Crippen LogP) is -0.0909. The first kappa shape index (κ1) is 14.6. The van der Waals surface area contributed by atoms with Crippen molar-refractivity contribution in [1.29, 1.82) is 0 Å². The van der Waals surface area contributed by atoms with Crippen molar-refractivity contribution in [1.82, 2.24) is 15.1 Å². The van der Waals surface area contributed by atoms with Crippen LogP contribution in [0.4, 0.5) is 4.79 Å². The van der Waals surface area contributed by atoms with E-state index in [1.807, 2.05) is 4.90 Å². The Balaban J connectivity index is 1.92. The summed E-state index contributed by atoms with van der Waals surface area (Å²) in [6.45, 7) is 5.52. The Morgan fingerprint density at radius 3 is 2.47 bits per heavy atom. The Bertz CT molecular complexity index is 430. The molecule has 0 aromatic rings. The first-order valence-electron chi connectivity index (χ1n) is 6.82. The van der Waals surface area contributed by atoms with Gasteiger partial charge in [0.05, 0.1) is 5.75 Å². The molecular weight excluding hydrogens is 266 g/mol. The predicted molar refractivity (Wildman–Crippen MR) is 73.9 cm³/mol. The van der Waals surface area contributed by atoms with E-state index in [1.54, 1.807) is 6.92 Å². The van der Waals surface area contributed by atoms with E-state index in [0.717, 1.165) is 39.0 Å². The SMILES string of the molecule is CC(CS(C)(=O)=O)NC(=O)N1CCN2CCC1CC2. The molecule has 3 rings (SSSR count). The quantitative estimate of drug-likeness (QED) is 0.788. The standard InChI is InChI=1S/C12H23N3O3S/c1-10(9-19(2,17)18)13-12(16)15-8-7-14-5-3-11(15)4-6-14/h10-11H,3-9H2,1-2H3,(H,13,16). The van der Waals surface area contributed by atoms with Crippen molar-refractivity contribution in [3.05, 3.63) is 0 Å². The van der Waals surface area contributed by atoms with Crippen LogP contribution in [0, 0.1) is 0 Å². The number of carbonyl (C=O) groups is 1. The van der Waals surface area contributed by atoms with Crippen LogP contribution in [-0.2, 0) is 9.84 Å². The van der Waals surface area contributed by atoms with Crippen LogP contribution in [0.15, 0.2) is 0 Å². The largest absolute Gasteiger partial charge is 0.335 e. The number of fused-ring (bicyclic) bond motifs is 4. The summed E-state index contributed by atoms with van der Waals surface area (Å²) in [6, 6.07) is -0.155. The fourth-order valence-corrected chi connectivity index (χ4v) is 3.93. The molecule has 0 aliphatic carbocycles. The second-order valence-corrected chi connectivity index (χ2v) is 7.89. The van der Waals surface area contributed by atoms with E-state index in [-0.39, 0.29) is 17.8 Å². The van der Waals surface area contributed by atoms with Crippen LogP contribution in [0.5, 0.6) is 0 Å². The van der Waals surface area contributed by atoms with E-state index in [9.17, 15) is 13.2 Å². The Kier molecular flexibility index (Phi) is 4.35. The number of rotatable bonds is 3. The molecule has 3 aliphatic heterocycles. The molecule has 1 atom stereocenters. The van der Waals surface area contributed by atoms with Gasteiger partial charge in [-0.05, 0) is 19.8 Å². The number of hydrogen-bond acceptors (Lipinski definition) is 4. The molecule has 0 aromatic carbocycles. The topological polar surface area (TPSA) is 69.7 Å². The van der Waals surface area contributed by atoms with E-state index in [1.165, 1.54) is 6.26 Å². The maximum Gasteiger partial charge on any atom is 0.317 e. The molecule has 0 radical (unpaired) electrons. The summed E-state index contributed by atoms with van der Waals surface area (Å²) in [7, 11) is -3.06. The first-order valence-corrected chi connectivity index (χ1v) is 8.88. The highest BCUT2D eigenvalue weighted by Crippen LogP contribution is 2.20. The Labute approximate surface area is 115 Å². The lowest BCUT2D eigenvalue weighted by Gasteiger charge is -2.32. The van der Waals surface area contributed by atoms with E-state index in [0.29, 0.717) is 6.04 Å². The molecule has 0 spiro atoms. The summed E-state index contributed by atoms with van der Waals surface area (Å²) in [5, 5.41) is 2.81. The number of hydrogen-bond donors (Lipinski definition) is 1. The molecule has 1 N–H and O–H groups in total. The van der Waals surface area contributed by atoms with Crippen molar-refractivity contribution in [3.8, 4) is 0 Å². The zero-order valence-corrected chi connectivity index (χ0v) is 12.4. The van der Waals surface area contributed by atoms with Gasteiger partial charge in [0, 0.05) is 44.5 Å². The molecule has 2 bridgehead atoms. The van der Waals surface area contributed by atoms with Gasteiger partial charge in [-0.3, -0.25) is 0 Å². The lowest BCUT2D eigenvalue weighted by molar-refractivity contribution is 0.168. The molecule has 19 heavy (non-hydrogen) atoms. The molecule has 3 aliphatic rings. The van der Waals surface area contributed by atoms with Gasteiger partial charge in [0.1, 0.15) is 9.84 Å². The monoisotopic (exact) mass is 289 g/mol. The highest BCUT2D eigenvalue weighted by atomic mass is 32.2. The number of amides is 2.